The second-order valence-corrected chi connectivity index (χ2v) is 4.96. The number of thioether (sulfide) groups is 1. The normalized spacial score (nSPS) is 10.5. The monoisotopic (exact) mass is 230 g/mol. The summed E-state index contributed by atoms with van der Waals surface area (Å²) in [6, 6.07) is 1.90. The molecule has 0 saturated heterocycles. The van der Waals surface area contributed by atoms with E-state index < -0.39 is 10.7 Å². The highest BCUT2D eigenvalue weighted by atomic mass is 32.2. The molecule has 0 unspecified atom stereocenters. The third-order valence-electron chi connectivity index (χ3n) is 1.64. The Morgan fingerprint density at radius 2 is 2.13 bits per heavy atom. The van der Waals surface area contributed by atoms with Crippen molar-refractivity contribution in [3.05, 3.63) is 0 Å². The topological polar surface area (TPSA) is 90.2 Å². The SMILES string of the molecule is CC(C)(SCC(=O)NCCC#N)C(=O)O. The van der Waals surface area contributed by atoms with E-state index >= 15 is 0 Å². The van der Waals surface area contributed by atoms with Gasteiger partial charge >= 0.3 is 5.97 Å². The zero-order valence-electron chi connectivity index (χ0n) is 8.74. The number of amides is 1. The summed E-state index contributed by atoms with van der Waals surface area (Å²) in [5.74, 6) is -1.10. The molecule has 0 aromatic carbocycles. The maximum atomic E-state index is 11.2. The Balaban J connectivity index is 3.81. The molecule has 0 aromatic heterocycles. The van der Waals surface area contributed by atoms with Crippen molar-refractivity contribution in [2.45, 2.75) is 25.0 Å². The van der Waals surface area contributed by atoms with Crippen molar-refractivity contribution >= 4 is 23.6 Å². The number of hydrogen-bond acceptors (Lipinski definition) is 4. The number of rotatable bonds is 6. The summed E-state index contributed by atoms with van der Waals surface area (Å²) in [6.07, 6.45) is 0.263. The number of nitrogens with one attached hydrogen (secondary N) is 1. The first-order valence-corrected chi connectivity index (χ1v) is 5.39. The Morgan fingerprint density at radius 3 is 2.60 bits per heavy atom. The minimum absolute atomic E-state index is 0.0880. The van der Waals surface area contributed by atoms with Crippen LogP contribution in [-0.2, 0) is 9.59 Å². The summed E-state index contributed by atoms with van der Waals surface area (Å²) in [5, 5.41) is 19.5. The predicted octanol–water partition coefficient (Wildman–Crippen LogP) is 0.613. The van der Waals surface area contributed by atoms with Crippen LogP contribution in [0.5, 0.6) is 0 Å². The average molecular weight is 230 g/mol. The molecule has 0 rings (SSSR count). The highest BCUT2D eigenvalue weighted by Gasteiger charge is 2.28. The van der Waals surface area contributed by atoms with Crippen LogP contribution < -0.4 is 5.32 Å². The summed E-state index contributed by atoms with van der Waals surface area (Å²) in [4.78, 5) is 21.9. The van der Waals surface area contributed by atoms with Gasteiger partial charge in [0, 0.05) is 6.54 Å². The maximum Gasteiger partial charge on any atom is 0.319 e. The molecular weight excluding hydrogens is 216 g/mol. The van der Waals surface area contributed by atoms with Crippen molar-refractivity contribution in [1.29, 1.82) is 5.26 Å². The fourth-order valence-electron chi connectivity index (χ4n) is 0.617. The van der Waals surface area contributed by atoms with Gasteiger partial charge in [-0.15, -0.1) is 11.8 Å². The van der Waals surface area contributed by atoms with E-state index in [1.807, 2.05) is 6.07 Å². The van der Waals surface area contributed by atoms with Crippen LogP contribution in [0.2, 0.25) is 0 Å². The first-order chi connectivity index (χ1) is 6.90. The van der Waals surface area contributed by atoms with E-state index in [0.717, 1.165) is 11.8 Å². The molecular formula is C9H14N2O3S. The lowest BCUT2D eigenvalue weighted by atomic mass is 10.2. The van der Waals surface area contributed by atoms with E-state index in [-0.39, 0.29) is 18.1 Å². The summed E-state index contributed by atoms with van der Waals surface area (Å²) in [6.45, 7) is 3.40. The molecule has 0 bridgehead atoms. The fourth-order valence-corrected chi connectivity index (χ4v) is 1.33. The van der Waals surface area contributed by atoms with Crippen LogP contribution in [0.3, 0.4) is 0 Å². The lowest BCUT2D eigenvalue weighted by molar-refractivity contribution is -0.138. The van der Waals surface area contributed by atoms with Gasteiger partial charge in [0.05, 0.1) is 18.2 Å². The summed E-state index contributed by atoms with van der Waals surface area (Å²) < 4.78 is -0.966. The van der Waals surface area contributed by atoms with Crippen molar-refractivity contribution in [3.8, 4) is 6.07 Å². The molecule has 0 atom stereocenters. The number of nitriles is 1. The largest absolute Gasteiger partial charge is 0.480 e. The molecule has 84 valence electrons. The minimum Gasteiger partial charge on any atom is -0.480 e. The predicted molar refractivity (Wildman–Crippen MR) is 57.4 cm³/mol. The molecule has 0 spiro atoms. The Labute approximate surface area is 92.8 Å². The van der Waals surface area contributed by atoms with Gasteiger partial charge in [0.15, 0.2) is 0 Å². The van der Waals surface area contributed by atoms with Crippen molar-refractivity contribution < 1.29 is 14.7 Å². The molecule has 0 aromatic rings. The number of aliphatic carboxylic acids is 1. The molecule has 0 saturated carbocycles. The lowest BCUT2D eigenvalue weighted by Crippen LogP contribution is -2.32. The molecule has 0 aliphatic heterocycles. The maximum absolute atomic E-state index is 11.2. The van der Waals surface area contributed by atoms with Crippen molar-refractivity contribution in [3.63, 3.8) is 0 Å². The molecule has 0 aliphatic rings. The Morgan fingerprint density at radius 1 is 1.53 bits per heavy atom. The van der Waals surface area contributed by atoms with E-state index in [1.54, 1.807) is 13.8 Å². The number of hydrogen-bond donors (Lipinski definition) is 2. The molecule has 6 heteroatoms. The third-order valence-corrected chi connectivity index (χ3v) is 2.94. The van der Waals surface area contributed by atoms with Crippen LogP contribution in [0.1, 0.15) is 20.3 Å². The number of carbonyl (C=O) groups is 2. The second-order valence-electron chi connectivity index (χ2n) is 3.36. The fraction of sp³-hybridized carbons (Fsp3) is 0.667. The molecule has 1 amide bonds. The zero-order valence-corrected chi connectivity index (χ0v) is 9.56. The summed E-state index contributed by atoms with van der Waals surface area (Å²) in [7, 11) is 0. The van der Waals surface area contributed by atoms with E-state index in [2.05, 4.69) is 5.32 Å². The minimum atomic E-state index is -0.966. The van der Waals surface area contributed by atoms with Gasteiger partial charge in [0.2, 0.25) is 5.91 Å². The Kier molecular flexibility index (Phi) is 5.79. The van der Waals surface area contributed by atoms with Crippen LogP contribution in [0, 0.1) is 11.3 Å². The van der Waals surface area contributed by atoms with Gasteiger partial charge in [-0.25, -0.2) is 0 Å². The van der Waals surface area contributed by atoms with E-state index in [4.69, 9.17) is 10.4 Å². The van der Waals surface area contributed by atoms with E-state index in [1.165, 1.54) is 0 Å². The molecule has 0 heterocycles. The van der Waals surface area contributed by atoms with Gasteiger partial charge in [-0.2, -0.15) is 5.26 Å². The van der Waals surface area contributed by atoms with Gasteiger partial charge in [0.1, 0.15) is 4.75 Å². The van der Waals surface area contributed by atoms with Crippen LogP contribution in [0.4, 0.5) is 0 Å². The van der Waals surface area contributed by atoms with Crippen LogP contribution >= 0.6 is 11.8 Å². The zero-order chi connectivity index (χ0) is 11.9. The first kappa shape index (κ1) is 13.8. The first-order valence-electron chi connectivity index (χ1n) is 4.41. The average Bonchev–Trinajstić information content (AvgIpc) is 2.15. The van der Waals surface area contributed by atoms with Crippen LogP contribution in [0.25, 0.3) is 0 Å². The van der Waals surface area contributed by atoms with Gasteiger partial charge < -0.3 is 10.4 Å². The lowest BCUT2D eigenvalue weighted by Gasteiger charge is -2.17. The smallest absolute Gasteiger partial charge is 0.319 e. The summed E-state index contributed by atoms with van der Waals surface area (Å²) >= 11 is 1.06. The number of carboxylic acid groups (broad SMARTS) is 1. The Hall–Kier alpha value is -1.22. The van der Waals surface area contributed by atoms with Crippen molar-refractivity contribution in [2.75, 3.05) is 12.3 Å². The number of nitrogens with zero attached hydrogens (tertiary/aromatic N) is 1. The van der Waals surface area contributed by atoms with Gasteiger partial charge in [-0.1, -0.05) is 0 Å². The Bertz CT molecular complexity index is 284. The van der Waals surface area contributed by atoms with E-state index in [9.17, 15) is 9.59 Å². The van der Waals surface area contributed by atoms with E-state index in [0.29, 0.717) is 6.54 Å². The molecule has 0 aliphatic carbocycles. The van der Waals surface area contributed by atoms with Crippen molar-refractivity contribution in [1.82, 2.24) is 5.32 Å². The summed E-state index contributed by atoms with van der Waals surface area (Å²) in [5.41, 5.74) is 0. The molecule has 15 heavy (non-hydrogen) atoms. The molecule has 0 radical (unpaired) electrons. The second kappa shape index (κ2) is 6.30. The van der Waals surface area contributed by atoms with Crippen LogP contribution in [-0.4, -0.2) is 34.0 Å². The quantitative estimate of drug-likeness (QED) is 0.652. The standard InChI is InChI=1S/C9H14N2O3S/c1-9(2,8(13)14)15-6-7(12)11-5-3-4-10/h3,5-6H2,1-2H3,(H,11,12)(H,13,14). The molecule has 2 N–H and O–H groups in total. The van der Waals surface area contributed by atoms with Gasteiger partial charge in [-0.3, -0.25) is 9.59 Å². The number of carbonyl (C=O) groups excluding carboxylic acids is 1. The highest BCUT2D eigenvalue weighted by Crippen LogP contribution is 2.23. The third kappa shape index (κ3) is 5.96. The molecule has 5 nitrogen and oxygen atoms in total. The van der Waals surface area contributed by atoms with Gasteiger partial charge in [0.25, 0.3) is 0 Å². The van der Waals surface area contributed by atoms with Gasteiger partial charge in [-0.05, 0) is 13.8 Å². The number of carboxylic acids is 1. The van der Waals surface area contributed by atoms with Crippen molar-refractivity contribution in [2.24, 2.45) is 0 Å². The highest BCUT2D eigenvalue weighted by molar-refractivity contribution is 8.01. The van der Waals surface area contributed by atoms with Crippen LogP contribution in [0.15, 0.2) is 0 Å². The molecule has 0 fully saturated rings.